The highest BCUT2D eigenvalue weighted by molar-refractivity contribution is 7.99. The van der Waals surface area contributed by atoms with E-state index in [0.717, 1.165) is 11.4 Å². The molecule has 0 fully saturated rings. The van der Waals surface area contributed by atoms with Gasteiger partial charge < -0.3 is 10.8 Å². The molecule has 0 aliphatic heterocycles. The number of carbonyl (C=O) groups is 1. The summed E-state index contributed by atoms with van der Waals surface area (Å²) >= 11 is 1.43. The molecule has 94 valence electrons. The number of rotatable bonds is 5. The number of aliphatic carboxylic acids is 1. The zero-order chi connectivity index (χ0) is 13.1. The number of thioether (sulfide) groups is 1. The second-order valence-corrected chi connectivity index (χ2v) is 5.32. The standard InChI is InChI=1S/C11H17N3O2S/c1-7-6-8(2)14-10(13-7)17-5-4-11(3,12)9(15)16/h6H,4-5,12H2,1-3H3,(H,15,16). The Kier molecular flexibility index (Phi) is 4.47. The van der Waals surface area contributed by atoms with Crippen molar-refractivity contribution in [1.29, 1.82) is 0 Å². The minimum atomic E-state index is -1.19. The number of carboxylic acids is 1. The average molecular weight is 255 g/mol. The van der Waals surface area contributed by atoms with E-state index in [0.29, 0.717) is 17.3 Å². The molecule has 0 saturated carbocycles. The largest absolute Gasteiger partial charge is 0.480 e. The van der Waals surface area contributed by atoms with Gasteiger partial charge in [-0.1, -0.05) is 11.8 Å². The van der Waals surface area contributed by atoms with E-state index in [1.807, 2.05) is 19.9 Å². The quantitative estimate of drug-likeness (QED) is 0.610. The molecule has 17 heavy (non-hydrogen) atoms. The van der Waals surface area contributed by atoms with E-state index in [1.165, 1.54) is 18.7 Å². The van der Waals surface area contributed by atoms with Crippen LogP contribution in [-0.4, -0.2) is 32.3 Å². The van der Waals surface area contributed by atoms with Gasteiger partial charge in [0.2, 0.25) is 0 Å². The Morgan fingerprint density at radius 2 is 2.00 bits per heavy atom. The molecule has 0 bridgehead atoms. The number of aryl methyl sites for hydroxylation is 2. The second kappa shape index (κ2) is 5.46. The minimum absolute atomic E-state index is 0.378. The monoisotopic (exact) mass is 255 g/mol. The number of hydrogen-bond acceptors (Lipinski definition) is 5. The summed E-state index contributed by atoms with van der Waals surface area (Å²) in [6.45, 7) is 5.32. The molecule has 5 nitrogen and oxygen atoms in total. The van der Waals surface area contributed by atoms with E-state index in [9.17, 15) is 4.79 Å². The lowest BCUT2D eigenvalue weighted by molar-refractivity contribution is -0.142. The highest BCUT2D eigenvalue weighted by atomic mass is 32.2. The molecule has 0 aliphatic rings. The molecular weight excluding hydrogens is 238 g/mol. The first-order valence-corrected chi connectivity index (χ1v) is 6.27. The molecule has 0 amide bonds. The summed E-state index contributed by atoms with van der Waals surface area (Å²) in [4.78, 5) is 19.3. The lowest BCUT2D eigenvalue weighted by Crippen LogP contribution is -2.45. The van der Waals surface area contributed by atoms with Crippen LogP contribution in [0.5, 0.6) is 0 Å². The first-order chi connectivity index (χ1) is 7.81. The first-order valence-electron chi connectivity index (χ1n) is 5.28. The number of hydrogen-bond donors (Lipinski definition) is 2. The van der Waals surface area contributed by atoms with Crippen LogP contribution in [0.25, 0.3) is 0 Å². The third kappa shape index (κ3) is 4.32. The number of carboxylic acid groups (broad SMARTS) is 1. The number of nitrogens with zero attached hydrogens (tertiary/aromatic N) is 2. The van der Waals surface area contributed by atoms with Crippen LogP contribution in [0, 0.1) is 13.8 Å². The maximum atomic E-state index is 10.8. The molecular formula is C11H17N3O2S. The average Bonchev–Trinajstić information content (AvgIpc) is 2.15. The van der Waals surface area contributed by atoms with Gasteiger partial charge in [-0.25, -0.2) is 9.97 Å². The minimum Gasteiger partial charge on any atom is -0.480 e. The lowest BCUT2D eigenvalue weighted by Gasteiger charge is -2.18. The van der Waals surface area contributed by atoms with E-state index >= 15 is 0 Å². The van der Waals surface area contributed by atoms with E-state index < -0.39 is 11.5 Å². The van der Waals surface area contributed by atoms with Gasteiger partial charge in [0.25, 0.3) is 0 Å². The van der Waals surface area contributed by atoms with Crippen LogP contribution in [0.2, 0.25) is 0 Å². The third-order valence-corrected chi connectivity index (χ3v) is 3.15. The summed E-state index contributed by atoms with van der Waals surface area (Å²) in [5, 5.41) is 9.53. The van der Waals surface area contributed by atoms with Gasteiger partial charge >= 0.3 is 5.97 Å². The van der Waals surface area contributed by atoms with Crippen LogP contribution in [0.15, 0.2) is 11.2 Å². The zero-order valence-electron chi connectivity index (χ0n) is 10.2. The summed E-state index contributed by atoms with van der Waals surface area (Å²) in [7, 11) is 0. The van der Waals surface area contributed by atoms with Crippen molar-refractivity contribution < 1.29 is 9.90 Å². The SMILES string of the molecule is Cc1cc(C)nc(SCCC(C)(N)C(=O)O)n1. The molecule has 1 unspecified atom stereocenters. The van der Waals surface area contributed by atoms with Crippen LogP contribution in [0.1, 0.15) is 24.7 Å². The fraction of sp³-hybridized carbons (Fsp3) is 0.545. The van der Waals surface area contributed by atoms with Crippen LogP contribution in [0.3, 0.4) is 0 Å². The van der Waals surface area contributed by atoms with E-state index in [-0.39, 0.29) is 0 Å². The van der Waals surface area contributed by atoms with Crippen LogP contribution in [0.4, 0.5) is 0 Å². The molecule has 6 heteroatoms. The Bertz CT molecular complexity index is 401. The molecule has 0 aliphatic carbocycles. The number of aromatic nitrogens is 2. The zero-order valence-corrected chi connectivity index (χ0v) is 11.0. The fourth-order valence-corrected chi connectivity index (χ4v) is 2.35. The fourth-order valence-electron chi connectivity index (χ4n) is 1.22. The maximum Gasteiger partial charge on any atom is 0.323 e. The van der Waals surface area contributed by atoms with Crippen molar-refractivity contribution in [1.82, 2.24) is 9.97 Å². The Morgan fingerprint density at radius 1 is 1.47 bits per heavy atom. The van der Waals surface area contributed by atoms with Crippen molar-refractivity contribution in [3.8, 4) is 0 Å². The molecule has 0 spiro atoms. The third-order valence-electron chi connectivity index (χ3n) is 2.30. The Morgan fingerprint density at radius 3 is 2.47 bits per heavy atom. The van der Waals surface area contributed by atoms with Crippen molar-refractivity contribution in [3.63, 3.8) is 0 Å². The Balaban J connectivity index is 2.54. The Labute approximate surface area is 105 Å². The summed E-state index contributed by atoms with van der Waals surface area (Å²) in [5.74, 6) is -0.401. The number of nitrogens with two attached hydrogens (primary N) is 1. The summed E-state index contributed by atoms with van der Waals surface area (Å²) < 4.78 is 0. The second-order valence-electron chi connectivity index (χ2n) is 4.25. The van der Waals surface area contributed by atoms with Crippen molar-refractivity contribution in [2.45, 2.75) is 37.9 Å². The maximum absolute atomic E-state index is 10.8. The van der Waals surface area contributed by atoms with E-state index in [4.69, 9.17) is 10.8 Å². The highest BCUT2D eigenvalue weighted by Gasteiger charge is 2.27. The molecule has 1 aromatic rings. The predicted molar refractivity (Wildman–Crippen MR) is 67.1 cm³/mol. The molecule has 0 radical (unpaired) electrons. The van der Waals surface area contributed by atoms with E-state index in [1.54, 1.807) is 0 Å². The summed E-state index contributed by atoms with van der Waals surface area (Å²) in [6, 6.07) is 1.90. The van der Waals surface area contributed by atoms with Gasteiger partial charge in [-0.05, 0) is 33.3 Å². The highest BCUT2D eigenvalue weighted by Crippen LogP contribution is 2.18. The van der Waals surface area contributed by atoms with E-state index in [2.05, 4.69) is 9.97 Å². The lowest BCUT2D eigenvalue weighted by atomic mass is 10.0. The van der Waals surface area contributed by atoms with Crippen molar-refractivity contribution in [3.05, 3.63) is 17.5 Å². The van der Waals surface area contributed by atoms with Gasteiger partial charge in [-0.3, -0.25) is 4.79 Å². The van der Waals surface area contributed by atoms with Gasteiger partial charge in [0.15, 0.2) is 5.16 Å². The predicted octanol–water partition coefficient (Wildman–Crippen LogP) is 1.38. The molecule has 0 aromatic carbocycles. The normalized spacial score (nSPS) is 14.4. The van der Waals surface area contributed by atoms with Crippen molar-refractivity contribution in [2.75, 3.05) is 5.75 Å². The van der Waals surface area contributed by atoms with Gasteiger partial charge in [0.05, 0.1) is 0 Å². The molecule has 1 atom stereocenters. The first kappa shape index (κ1) is 13.9. The summed E-state index contributed by atoms with van der Waals surface area (Å²) in [5.41, 5.74) is 6.26. The molecule has 1 rings (SSSR count). The van der Waals surface area contributed by atoms with Gasteiger partial charge in [0, 0.05) is 17.1 Å². The Hall–Kier alpha value is -1.14. The van der Waals surface area contributed by atoms with Crippen molar-refractivity contribution >= 4 is 17.7 Å². The summed E-state index contributed by atoms with van der Waals surface area (Å²) in [6.07, 6.45) is 0.378. The molecule has 0 saturated heterocycles. The van der Waals surface area contributed by atoms with Gasteiger partial charge in [-0.15, -0.1) is 0 Å². The molecule has 3 N–H and O–H groups in total. The van der Waals surface area contributed by atoms with Crippen LogP contribution in [-0.2, 0) is 4.79 Å². The van der Waals surface area contributed by atoms with Gasteiger partial charge in [-0.2, -0.15) is 0 Å². The topological polar surface area (TPSA) is 89.1 Å². The molecule has 1 heterocycles. The molecule has 1 aromatic heterocycles. The van der Waals surface area contributed by atoms with Crippen molar-refractivity contribution in [2.24, 2.45) is 5.73 Å². The van der Waals surface area contributed by atoms with Gasteiger partial charge in [0.1, 0.15) is 5.54 Å². The van der Waals surface area contributed by atoms with Crippen LogP contribution >= 0.6 is 11.8 Å². The van der Waals surface area contributed by atoms with Crippen LogP contribution < -0.4 is 5.73 Å². The smallest absolute Gasteiger partial charge is 0.323 e.